The molecule has 7 nitrogen and oxygen atoms in total. The number of ether oxygens (including phenoxy) is 4. The molecule has 2 unspecified atom stereocenters. The van der Waals surface area contributed by atoms with Crippen LogP contribution in [0.4, 0.5) is 5.69 Å². The van der Waals surface area contributed by atoms with Crippen molar-refractivity contribution in [2.45, 2.75) is 25.4 Å². The molecule has 2 heterocycles. The van der Waals surface area contributed by atoms with Crippen molar-refractivity contribution >= 4 is 11.7 Å². The lowest BCUT2D eigenvalue weighted by Gasteiger charge is -2.29. The highest BCUT2D eigenvalue weighted by Gasteiger charge is 2.45. The maximum Gasteiger partial charge on any atom is 0.329 e. The van der Waals surface area contributed by atoms with E-state index in [4.69, 9.17) is 18.9 Å². The Labute approximate surface area is 193 Å². The average molecular weight is 449 g/mol. The third-order valence-corrected chi connectivity index (χ3v) is 5.93. The Morgan fingerprint density at radius 3 is 2.21 bits per heavy atom. The smallest absolute Gasteiger partial charge is 0.329 e. The van der Waals surface area contributed by atoms with Gasteiger partial charge in [0.2, 0.25) is 0 Å². The molecule has 33 heavy (non-hydrogen) atoms. The summed E-state index contributed by atoms with van der Waals surface area (Å²) in [4.78, 5) is 19.6. The van der Waals surface area contributed by atoms with Crippen molar-refractivity contribution in [2.24, 2.45) is 0 Å². The van der Waals surface area contributed by atoms with E-state index >= 15 is 0 Å². The van der Waals surface area contributed by atoms with Gasteiger partial charge >= 0.3 is 5.97 Å². The van der Waals surface area contributed by atoms with Gasteiger partial charge in [0.25, 0.3) is 0 Å². The number of fused-ring (bicyclic) bond motifs is 1. The number of pyridine rings is 1. The minimum atomic E-state index is -0.557. The highest BCUT2D eigenvalue weighted by Crippen LogP contribution is 2.50. The minimum absolute atomic E-state index is 0.258. The molecule has 0 fully saturated rings. The molecule has 0 bridgehead atoms. The van der Waals surface area contributed by atoms with Gasteiger partial charge < -0.3 is 23.8 Å². The molecule has 1 aliphatic heterocycles. The summed E-state index contributed by atoms with van der Waals surface area (Å²) in [5.74, 6) is 1.44. The van der Waals surface area contributed by atoms with Gasteiger partial charge in [0, 0.05) is 36.6 Å². The molecule has 0 radical (unpaired) electrons. The first-order valence-corrected chi connectivity index (χ1v) is 10.8. The van der Waals surface area contributed by atoms with Crippen molar-refractivity contribution in [2.75, 3.05) is 32.8 Å². The lowest BCUT2D eigenvalue weighted by molar-refractivity contribution is -0.144. The van der Waals surface area contributed by atoms with Gasteiger partial charge in [0.15, 0.2) is 11.5 Å². The first-order chi connectivity index (χ1) is 16.1. The Morgan fingerprint density at radius 2 is 1.61 bits per heavy atom. The minimum Gasteiger partial charge on any atom is -0.497 e. The van der Waals surface area contributed by atoms with Gasteiger partial charge in [-0.3, -0.25) is 4.98 Å². The van der Waals surface area contributed by atoms with Gasteiger partial charge in [-0.2, -0.15) is 0 Å². The fourth-order valence-electron chi connectivity index (χ4n) is 4.41. The fraction of sp³-hybridized carbons (Fsp3) is 0.308. The second kappa shape index (κ2) is 9.81. The Hall–Kier alpha value is -3.74. The molecular formula is C26H28N2O5. The summed E-state index contributed by atoms with van der Waals surface area (Å²) in [6.45, 7) is 2.64. The van der Waals surface area contributed by atoms with Crippen LogP contribution in [0.15, 0.2) is 60.9 Å². The van der Waals surface area contributed by atoms with E-state index < -0.39 is 6.04 Å². The molecule has 1 aliphatic rings. The average Bonchev–Trinajstić information content (AvgIpc) is 3.16. The third kappa shape index (κ3) is 4.31. The van der Waals surface area contributed by atoms with Crippen molar-refractivity contribution in [3.63, 3.8) is 0 Å². The second-order valence-electron chi connectivity index (χ2n) is 7.70. The Bertz CT molecular complexity index is 1100. The monoisotopic (exact) mass is 448 g/mol. The molecule has 0 amide bonds. The van der Waals surface area contributed by atoms with E-state index in [0.29, 0.717) is 24.7 Å². The van der Waals surface area contributed by atoms with Gasteiger partial charge in [-0.1, -0.05) is 12.1 Å². The molecule has 0 N–H and O–H groups in total. The highest BCUT2D eigenvalue weighted by atomic mass is 16.5. The fourth-order valence-corrected chi connectivity index (χ4v) is 4.41. The van der Waals surface area contributed by atoms with E-state index in [-0.39, 0.29) is 11.9 Å². The van der Waals surface area contributed by atoms with Crippen molar-refractivity contribution in [3.8, 4) is 17.2 Å². The zero-order valence-electron chi connectivity index (χ0n) is 19.3. The first-order valence-electron chi connectivity index (χ1n) is 10.8. The van der Waals surface area contributed by atoms with E-state index in [0.717, 1.165) is 28.1 Å². The van der Waals surface area contributed by atoms with Crippen LogP contribution in [0.25, 0.3) is 0 Å². The Morgan fingerprint density at radius 1 is 0.939 bits per heavy atom. The summed E-state index contributed by atoms with van der Waals surface area (Å²) in [5, 5.41) is 0. The van der Waals surface area contributed by atoms with Crippen LogP contribution in [0.1, 0.15) is 29.5 Å². The van der Waals surface area contributed by atoms with Crippen LogP contribution in [0, 0.1) is 0 Å². The van der Waals surface area contributed by atoms with Gasteiger partial charge in [-0.25, -0.2) is 4.79 Å². The quantitative estimate of drug-likeness (QED) is 0.479. The van der Waals surface area contributed by atoms with Gasteiger partial charge in [-0.15, -0.1) is 0 Å². The molecule has 172 valence electrons. The van der Waals surface area contributed by atoms with E-state index in [1.165, 1.54) is 0 Å². The molecule has 4 rings (SSSR count). The van der Waals surface area contributed by atoms with E-state index in [2.05, 4.69) is 9.88 Å². The van der Waals surface area contributed by atoms with E-state index in [1.54, 1.807) is 33.7 Å². The maximum absolute atomic E-state index is 13.4. The Balaban J connectivity index is 1.90. The topological polar surface area (TPSA) is 70.1 Å². The number of hydrogen-bond donors (Lipinski definition) is 0. The summed E-state index contributed by atoms with van der Waals surface area (Å²) in [5.41, 5.74) is 3.91. The van der Waals surface area contributed by atoms with E-state index in [9.17, 15) is 4.79 Å². The molecule has 0 saturated heterocycles. The van der Waals surface area contributed by atoms with Crippen LogP contribution in [-0.2, 0) is 16.1 Å². The predicted octanol–water partition coefficient (Wildman–Crippen LogP) is 4.19. The van der Waals surface area contributed by atoms with Crippen molar-refractivity contribution in [1.82, 2.24) is 4.98 Å². The zero-order valence-corrected chi connectivity index (χ0v) is 19.3. The normalized spacial score (nSPS) is 16.8. The number of aromatic nitrogens is 1. The summed E-state index contributed by atoms with van der Waals surface area (Å²) in [6, 6.07) is 15.0. The van der Waals surface area contributed by atoms with Crippen LogP contribution in [0.2, 0.25) is 0 Å². The summed E-state index contributed by atoms with van der Waals surface area (Å²) < 4.78 is 22.1. The molecule has 2 aromatic carbocycles. The van der Waals surface area contributed by atoms with Crippen molar-refractivity contribution in [3.05, 3.63) is 77.6 Å². The van der Waals surface area contributed by atoms with E-state index in [1.807, 2.05) is 55.5 Å². The lowest BCUT2D eigenvalue weighted by atomic mass is 9.87. The van der Waals surface area contributed by atoms with Crippen LogP contribution in [0.5, 0.6) is 17.2 Å². The van der Waals surface area contributed by atoms with Crippen LogP contribution < -0.4 is 19.1 Å². The molecular weight excluding hydrogens is 420 g/mol. The van der Waals surface area contributed by atoms with Crippen LogP contribution in [-0.4, -0.2) is 44.9 Å². The second-order valence-corrected chi connectivity index (χ2v) is 7.70. The third-order valence-electron chi connectivity index (χ3n) is 5.93. The number of carbonyl (C=O) groups is 1. The zero-order chi connectivity index (χ0) is 23.4. The largest absolute Gasteiger partial charge is 0.497 e. The number of hydrogen-bond acceptors (Lipinski definition) is 7. The number of nitrogens with zero attached hydrogens (tertiary/aromatic N) is 2. The molecule has 0 spiro atoms. The van der Waals surface area contributed by atoms with Crippen molar-refractivity contribution < 1.29 is 23.7 Å². The van der Waals surface area contributed by atoms with Gasteiger partial charge in [0.05, 0.1) is 27.9 Å². The van der Waals surface area contributed by atoms with Gasteiger partial charge in [0.1, 0.15) is 11.8 Å². The summed E-state index contributed by atoms with van der Waals surface area (Å²) >= 11 is 0. The lowest BCUT2D eigenvalue weighted by Crippen LogP contribution is -2.42. The van der Waals surface area contributed by atoms with Gasteiger partial charge in [-0.05, 0) is 53.9 Å². The van der Waals surface area contributed by atoms with Crippen LogP contribution in [0.3, 0.4) is 0 Å². The maximum atomic E-state index is 13.4. The number of benzene rings is 2. The number of methoxy groups -OCH3 is 3. The summed E-state index contributed by atoms with van der Waals surface area (Å²) in [7, 11) is 4.85. The molecule has 0 saturated carbocycles. The van der Waals surface area contributed by atoms with Crippen molar-refractivity contribution in [1.29, 1.82) is 0 Å². The number of esters is 1. The Kier molecular flexibility index (Phi) is 6.68. The first kappa shape index (κ1) is 22.5. The molecule has 1 aromatic heterocycles. The molecule has 7 heteroatoms. The summed E-state index contributed by atoms with van der Waals surface area (Å²) in [6.07, 6.45) is 3.50. The number of rotatable bonds is 8. The predicted molar refractivity (Wildman–Crippen MR) is 125 cm³/mol. The molecule has 2 atom stereocenters. The number of carbonyl (C=O) groups excluding carboxylic acids is 1. The highest BCUT2D eigenvalue weighted by molar-refractivity contribution is 5.87. The molecule has 3 aromatic rings. The number of anilines is 1. The molecule has 0 aliphatic carbocycles. The van der Waals surface area contributed by atoms with Crippen LogP contribution >= 0.6 is 0 Å². The standard InChI is InChI=1S/C26H28N2O5/c1-5-33-26(29)25-24(18-6-8-19(30-2)9-7-18)20-14-22(31-3)23(32-4)15-21(20)28(25)16-17-10-12-27-13-11-17/h6-15,24-25H,5,16H2,1-4H3. The SMILES string of the molecule is CCOC(=O)C1C(c2ccc(OC)cc2)c2cc(OC)c(OC)cc2N1Cc1ccncc1.